The van der Waals surface area contributed by atoms with E-state index in [-0.39, 0.29) is 0 Å². The Kier molecular flexibility index (Phi) is 7.73. The quantitative estimate of drug-likeness (QED) is 0.269. The molecule has 0 aliphatic carbocycles. The molecule has 0 fully saturated rings. The molecule has 0 saturated carbocycles. The second-order valence-corrected chi connectivity index (χ2v) is 5.54. The van der Waals surface area contributed by atoms with Crippen LogP contribution in [-0.2, 0) is 9.59 Å². The summed E-state index contributed by atoms with van der Waals surface area (Å²) in [5.74, 6) is -1.01. The van der Waals surface area contributed by atoms with Gasteiger partial charge >= 0.3 is 5.97 Å². The molecule has 0 bridgehead atoms. The van der Waals surface area contributed by atoms with Crippen LogP contribution in [0.5, 0.6) is 0 Å². The standard InChI is InChI=1S/C10H18N2O4S/c1-10(2,17-12-16)8(9(14)15)11-6-4-3-5-7-13/h7-8,11H,3-6H2,1-2H3,(H,14,15)/t8-/m1/s1. The third-order valence-electron chi connectivity index (χ3n) is 2.31. The average molecular weight is 262 g/mol. The zero-order chi connectivity index (χ0) is 13.3. The van der Waals surface area contributed by atoms with E-state index >= 15 is 0 Å². The lowest BCUT2D eigenvalue weighted by Gasteiger charge is -2.28. The predicted molar refractivity (Wildman–Crippen MR) is 66.8 cm³/mol. The molecule has 0 saturated heterocycles. The van der Waals surface area contributed by atoms with Gasteiger partial charge in [-0.15, -0.1) is 4.91 Å². The number of rotatable bonds is 10. The smallest absolute Gasteiger partial charge is 0.322 e. The zero-order valence-electron chi connectivity index (χ0n) is 10.0. The Bertz CT molecular complexity index is 271. The monoisotopic (exact) mass is 262 g/mol. The van der Waals surface area contributed by atoms with Crippen LogP contribution < -0.4 is 5.32 Å². The van der Waals surface area contributed by atoms with Gasteiger partial charge in [0.2, 0.25) is 0 Å². The van der Waals surface area contributed by atoms with E-state index < -0.39 is 16.8 Å². The van der Waals surface area contributed by atoms with E-state index in [4.69, 9.17) is 5.11 Å². The van der Waals surface area contributed by atoms with Gasteiger partial charge in [-0.2, -0.15) is 0 Å². The molecule has 0 aromatic heterocycles. The summed E-state index contributed by atoms with van der Waals surface area (Å²) in [6, 6.07) is -0.846. The fraction of sp³-hybridized carbons (Fsp3) is 0.800. The van der Waals surface area contributed by atoms with Crippen molar-refractivity contribution in [2.24, 2.45) is 4.58 Å². The minimum Gasteiger partial charge on any atom is -0.480 e. The van der Waals surface area contributed by atoms with Gasteiger partial charge in [-0.05, 0) is 33.2 Å². The third kappa shape index (κ3) is 6.38. The lowest BCUT2D eigenvalue weighted by Crippen LogP contribution is -2.50. The first-order valence-electron chi connectivity index (χ1n) is 5.36. The molecule has 0 aromatic rings. The van der Waals surface area contributed by atoms with Crippen molar-refractivity contribution in [2.75, 3.05) is 6.54 Å². The van der Waals surface area contributed by atoms with E-state index in [1.165, 1.54) is 0 Å². The number of nitrogens with zero attached hydrogens (tertiary/aromatic N) is 1. The summed E-state index contributed by atoms with van der Waals surface area (Å²) in [4.78, 5) is 31.4. The van der Waals surface area contributed by atoms with Crippen molar-refractivity contribution in [3.63, 3.8) is 0 Å². The molecule has 0 spiro atoms. The number of carboxylic acids is 1. The number of aliphatic carboxylic acids is 1. The Morgan fingerprint density at radius 2 is 2.18 bits per heavy atom. The summed E-state index contributed by atoms with van der Waals surface area (Å²) in [6.45, 7) is 3.79. The normalized spacial score (nSPS) is 13.1. The molecule has 2 N–H and O–H groups in total. The van der Waals surface area contributed by atoms with Crippen molar-refractivity contribution in [1.82, 2.24) is 5.32 Å². The minimum absolute atomic E-state index is 0.480. The van der Waals surface area contributed by atoms with E-state index in [9.17, 15) is 14.5 Å². The van der Waals surface area contributed by atoms with Crippen LogP contribution in [0.4, 0.5) is 0 Å². The molecule has 98 valence electrons. The molecule has 6 nitrogen and oxygen atoms in total. The average Bonchev–Trinajstić information content (AvgIpc) is 2.22. The highest BCUT2D eigenvalue weighted by atomic mass is 32.2. The van der Waals surface area contributed by atoms with Crippen molar-refractivity contribution in [1.29, 1.82) is 0 Å². The Hall–Kier alpha value is -0.950. The summed E-state index contributed by atoms with van der Waals surface area (Å²) in [6.07, 6.45) is 2.76. The number of carbonyl (C=O) groups excluding carboxylic acids is 1. The highest BCUT2D eigenvalue weighted by Gasteiger charge is 2.36. The van der Waals surface area contributed by atoms with Gasteiger partial charge in [0.1, 0.15) is 12.3 Å². The molecule has 0 heterocycles. The number of hydrogen-bond donors (Lipinski definition) is 2. The van der Waals surface area contributed by atoms with E-state index in [1.807, 2.05) is 0 Å². The maximum Gasteiger partial charge on any atom is 0.322 e. The van der Waals surface area contributed by atoms with Crippen molar-refractivity contribution in [3.05, 3.63) is 4.91 Å². The van der Waals surface area contributed by atoms with E-state index in [1.54, 1.807) is 13.8 Å². The number of unbranched alkanes of at least 4 members (excludes halogenated alkanes) is 2. The summed E-state index contributed by atoms with van der Waals surface area (Å²) < 4.78 is 1.88. The second kappa shape index (κ2) is 8.19. The molecule has 17 heavy (non-hydrogen) atoms. The molecule has 7 heteroatoms. The number of carboxylic acid groups (broad SMARTS) is 1. The Morgan fingerprint density at radius 1 is 1.53 bits per heavy atom. The lowest BCUT2D eigenvalue weighted by molar-refractivity contribution is -0.140. The van der Waals surface area contributed by atoms with Gasteiger partial charge in [0.05, 0.1) is 4.75 Å². The molecular formula is C10H18N2O4S. The van der Waals surface area contributed by atoms with Crippen LogP contribution in [0.3, 0.4) is 0 Å². The molecule has 0 aliphatic heterocycles. The van der Waals surface area contributed by atoms with Gasteiger partial charge in [-0.25, -0.2) is 0 Å². The van der Waals surface area contributed by atoms with E-state index in [0.717, 1.165) is 19.1 Å². The van der Waals surface area contributed by atoms with Crippen molar-refractivity contribution < 1.29 is 14.7 Å². The Morgan fingerprint density at radius 3 is 2.65 bits per heavy atom. The Balaban J connectivity index is 4.20. The number of hydrogen-bond acceptors (Lipinski definition) is 6. The van der Waals surface area contributed by atoms with Gasteiger partial charge in [0.15, 0.2) is 0 Å². The topological polar surface area (TPSA) is 95.8 Å². The highest BCUT2D eigenvalue weighted by Crippen LogP contribution is 2.29. The van der Waals surface area contributed by atoms with Crippen LogP contribution >= 0.6 is 11.9 Å². The van der Waals surface area contributed by atoms with Crippen LogP contribution in [0.2, 0.25) is 0 Å². The van der Waals surface area contributed by atoms with Crippen LogP contribution in [0.15, 0.2) is 4.58 Å². The second-order valence-electron chi connectivity index (χ2n) is 4.16. The maximum atomic E-state index is 11.1. The molecule has 0 unspecified atom stereocenters. The highest BCUT2D eigenvalue weighted by molar-refractivity contribution is 7.99. The van der Waals surface area contributed by atoms with Gasteiger partial charge in [0.25, 0.3) is 0 Å². The number of nitrogens with one attached hydrogen (secondary N) is 1. The third-order valence-corrected chi connectivity index (χ3v) is 3.09. The van der Waals surface area contributed by atoms with Gasteiger partial charge in [-0.3, -0.25) is 4.79 Å². The van der Waals surface area contributed by atoms with Crippen molar-refractivity contribution >= 4 is 24.2 Å². The molecule has 0 amide bonds. The van der Waals surface area contributed by atoms with Gasteiger partial charge in [0, 0.05) is 23.0 Å². The van der Waals surface area contributed by atoms with Crippen LogP contribution in [-0.4, -0.2) is 34.7 Å². The van der Waals surface area contributed by atoms with E-state index in [0.29, 0.717) is 24.9 Å². The molecular weight excluding hydrogens is 244 g/mol. The fourth-order valence-electron chi connectivity index (χ4n) is 1.38. The van der Waals surface area contributed by atoms with Gasteiger partial charge < -0.3 is 15.2 Å². The van der Waals surface area contributed by atoms with E-state index in [2.05, 4.69) is 9.90 Å². The summed E-state index contributed by atoms with van der Waals surface area (Å²) >= 11 is 0.708. The first-order valence-corrected chi connectivity index (χ1v) is 6.13. The number of nitroso groups, excluding NO2 is 1. The zero-order valence-corrected chi connectivity index (χ0v) is 10.8. The molecule has 0 radical (unpaired) electrons. The first kappa shape index (κ1) is 16.1. The minimum atomic E-state index is -1.01. The largest absolute Gasteiger partial charge is 0.480 e. The molecule has 0 aromatic carbocycles. The molecule has 0 rings (SSSR count). The number of carbonyl (C=O) groups is 2. The van der Waals surface area contributed by atoms with Gasteiger partial charge in [-0.1, -0.05) is 0 Å². The molecule has 0 aliphatic rings. The van der Waals surface area contributed by atoms with Crippen LogP contribution in [0.1, 0.15) is 33.1 Å². The predicted octanol–water partition coefficient (Wildman–Crippen LogP) is 1.59. The summed E-state index contributed by atoms with van der Waals surface area (Å²) in [5, 5.41) is 11.9. The number of aldehydes is 1. The SMILES string of the molecule is CC(C)(SN=O)[C@H](NCCCCC=O)C(=O)O. The summed E-state index contributed by atoms with van der Waals surface area (Å²) in [7, 11) is 0. The first-order chi connectivity index (χ1) is 7.95. The maximum absolute atomic E-state index is 11.1. The molecule has 1 atom stereocenters. The Labute approximate surface area is 105 Å². The van der Waals surface area contributed by atoms with Crippen molar-refractivity contribution in [3.8, 4) is 0 Å². The van der Waals surface area contributed by atoms with Crippen molar-refractivity contribution in [2.45, 2.75) is 43.9 Å². The van der Waals surface area contributed by atoms with Crippen LogP contribution in [0, 0.1) is 4.91 Å². The van der Waals surface area contributed by atoms with Crippen LogP contribution in [0.25, 0.3) is 0 Å². The summed E-state index contributed by atoms with van der Waals surface area (Å²) in [5.41, 5.74) is 0. The fourth-order valence-corrected chi connectivity index (χ4v) is 1.86. The lowest BCUT2D eigenvalue weighted by atomic mass is 10.0.